The number of carbonyl (C=O) groups excluding carboxylic acids is 1. The topological polar surface area (TPSA) is 48.0 Å². The monoisotopic (exact) mass is 279 g/mol. The third-order valence-electron chi connectivity index (χ3n) is 3.54. The van der Waals surface area contributed by atoms with E-state index >= 15 is 0 Å². The van der Waals surface area contributed by atoms with E-state index < -0.39 is 0 Å². The maximum Gasteiger partial charge on any atom is 0.314 e. The summed E-state index contributed by atoms with van der Waals surface area (Å²) in [6.07, 6.45) is 0. The highest BCUT2D eigenvalue weighted by molar-refractivity contribution is 5.79. The van der Waals surface area contributed by atoms with Crippen LogP contribution in [0.4, 0.5) is 0 Å². The van der Waals surface area contributed by atoms with Crippen molar-refractivity contribution in [3.05, 3.63) is 29.8 Å². The van der Waals surface area contributed by atoms with Crippen LogP contribution in [0.5, 0.6) is 5.75 Å². The molecule has 0 N–H and O–H groups in total. The molecule has 20 heavy (non-hydrogen) atoms. The van der Waals surface area contributed by atoms with Crippen molar-refractivity contribution in [3.63, 3.8) is 0 Å². The van der Waals surface area contributed by atoms with Crippen LogP contribution in [0, 0.1) is 0 Å². The minimum atomic E-state index is -0.339. The number of hydrogen-bond acceptors (Lipinski definition) is 5. The lowest BCUT2D eigenvalue weighted by molar-refractivity contribution is -0.143. The summed E-state index contributed by atoms with van der Waals surface area (Å²) >= 11 is 0. The quantitative estimate of drug-likeness (QED) is 0.760. The molecule has 5 nitrogen and oxygen atoms in total. The lowest BCUT2D eigenvalue weighted by Crippen LogP contribution is -2.40. The van der Waals surface area contributed by atoms with E-state index in [1.54, 1.807) is 7.11 Å². The first-order valence-electron chi connectivity index (χ1n) is 6.77. The van der Waals surface area contributed by atoms with Crippen LogP contribution in [0.25, 0.3) is 0 Å². The molecule has 0 aliphatic carbocycles. The van der Waals surface area contributed by atoms with Crippen LogP contribution in [0.1, 0.15) is 11.5 Å². The fraction of sp³-hybridized carbons (Fsp3) is 0.533. The van der Waals surface area contributed by atoms with Gasteiger partial charge in [0.2, 0.25) is 0 Å². The van der Waals surface area contributed by atoms with Gasteiger partial charge in [0, 0.05) is 25.2 Å². The second-order valence-electron chi connectivity index (χ2n) is 4.73. The third-order valence-corrected chi connectivity index (χ3v) is 3.54. The first-order chi connectivity index (χ1) is 9.76. The van der Waals surface area contributed by atoms with Crippen LogP contribution in [-0.4, -0.2) is 57.9 Å². The first kappa shape index (κ1) is 14.8. The molecule has 1 atom stereocenters. The average molecular weight is 279 g/mol. The number of hydrogen-bond donors (Lipinski definition) is 0. The molecule has 0 spiro atoms. The number of rotatable bonds is 5. The second-order valence-corrected chi connectivity index (χ2v) is 4.73. The Bertz CT molecular complexity index is 443. The van der Waals surface area contributed by atoms with Crippen molar-refractivity contribution >= 4 is 5.97 Å². The number of benzene rings is 1. The van der Waals surface area contributed by atoms with E-state index in [-0.39, 0.29) is 11.9 Å². The van der Waals surface area contributed by atoms with Crippen LogP contribution in [0.3, 0.4) is 0 Å². The van der Waals surface area contributed by atoms with E-state index in [0.29, 0.717) is 19.8 Å². The molecule has 1 aromatic carbocycles. The van der Waals surface area contributed by atoms with Gasteiger partial charge in [0.25, 0.3) is 0 Å². The maximum absolute atomic E-state index is 12.1. The number of methoxy groups -OCH3 is 2. The largest absolute Gasteiger partial charge is 0.496 e. The minimum absolute atomic E-state index is 0.235. The van der Waals surface area contributed by atoms with Gasteiger partial charge in [0.05, 0.1) is 33.4 Å². The molecule has 1 unspecified atom stereocenters. The average Bonchev–Trinajstić information content (AvgIpc) is 2.53. The fourth-order valence-corrected chi connectivity index (χ4v) is 2.44. The zero-order chi connectivity index (χ0) is 14.4. The predicted octanol–water partition coefficient (Wildman–Crippen LogP) is 1.28. The van der Waals surface area contributed by atoms with Gasteiger partial charge in [-0.05, 0) is 6.07 Å². The molecule has 1 heterocycles. The second kappa shape index (κ2) is 7.26. The van der Waals surface area contributed by atoms with Gasteiger partial charge in [-0.1, -0.05) is 18.2 Å². The van der Waals surface area contributed by atoms with Crippen LogP contribution in [0.15, 0.2) is 24.3 Å². The molecule has 5 heteroatoms. The Morgan fingerprint density at radius 1 is 1.30 bits per heavy atom. The molecule has 1 saturated heterocycles. The molecule has 1 aliphatic rings. The Balaban J connectivity index is 2.20. The minimum Gasteiger partial charge on any atom is -0.496 e. The van der Waals surface area contributed by atoms with E-state index in [1.165, 1.54) is 7.11 Å². The SMILES string of the molecule is COC(=O)C(CN1CCOCC1)c1ccccc1OC. The van der Waals surface area contributed by atoms with E-state index in [9.17, 15) is 4.79 Å². The summed E-state index contributed by atoms with van der Waals surface area (Å²) < 4.78 is 15.7. The fourth-order valence-electron chi connectivity index (χ4n) is 2.44. The van der Waals surface area contributed by atoms with Crippen molar-refractivity contribution in [2.45, 2.75) is 5.92 Å². The van der Waals surface area contributed by atoms with E-state index in [1.807, 2.05) is 24.3 Å². The Morgan fingerprint density at radius 3 is 2.65 bits per heavy atom. The summed E-state index contributed by atoms with van der Waals surface area (Å²) in [5.74, 6) is 0.145. The number of para-hydroxylation sites is 1. The molecule has 0 radical (unpaired) electrons. The summed E-state index contributed by atoms with van der Waals surface area (Å²) in [6, 6.07) is 7.59. The first-order valence-corrected chi connectivity index (χ1v) is 6.77. The summed E-state index contributed by atoms with van der Waals surface area (Å²) in [5.41, 5.74) is 0.869. The van der Waals surface area contributed by atoms with Crippen LogP contribution in [-0.2, 0) is 14.3 Å². The van der Waals surface area contributed by atoms with Crippen molar-refractivity contribution in [1.82, 2.24) is 4.90 Å². The molecular weight excluding hydrogens is 258 g/mol. The van der Waals surface area contributed by atoms with Gasteiger partial charge in [-0.2, -0.15) is 0 Å². The summed E-state index contributed by atoms with van der Waals surface area (Å²) in [7, 11) is 3.03. The Labute approximate surface area is 119 Å². The van der Waals surface area contributed by atoms with Gasteiger partial charge in [-0.25, -0.2) is 0 Å². The summed E-state index contributed by atoms with van der Waals surface area (Å²) in [4.78, 5) is 14.3. The van der Waals surface area contributed by atoms with Gasteiger partial charge in [-0.15, -0.1) is 0 Å². The number of morpholine rings is 1. The number of nitrogens with zero attached hydrogens (tertiary/aromatic N) is 1. The lowest BCUT2D eigenvalue weighted by Gasteiger charge is -2.30. The van der Waals surface area contributed by atoms with Gasteiger partial charge >= 0.3 is 5.97 Å². The smallest absolute Gasteiger partial charge is 0.314 e. The normalized spacial score (nSPS) is 17.5. The van der Waals surface area contributed by atoms with E-state index in [2.05, 4.69) is 4.90 Å². The molecule has 1 aliphatic heterocycles. The predicted molar refractivity (Wildman–Crippen MR) is 75.0 cm³/mol. The molecule has 0 amide bonds. The maximum atomic E-state index is 12.1. The summed E-state index contributed by atoms with van der Waals surface area (Å²) in [5, 5.41) is 0. The molecule has 0 saturated carbocycles. The molecule has 0 aromatic heterocycles. The van der Waals surface area contributed by atoms with Crippen LogP contribution < -0.4 is 4.74 Å². The molecule has 1 fully saturated rings. The molecule has 110 valence electrons. The van der Waals surface area contributed by atoms with E-state index in [0.717, 1.165) is 24.4 Å². The van der Waals surface area contributed by atoms with Gasteiger partial charge in [-0.3, -0.25) is 9.69 Å². The Morgan fingerprint density at radius 2 is 2.00 bits per heavy atom. The third kappa shape index (κ3) is 3.49. The zero-order valence-corrected chi connectivity index (χ0v) is 12.0. The zero-order valence-electron chi connectivity index (χ0n) is 12.0. The lowest BCUT2D eigenvalue weighted by atomic mass is 9.97. The number of ether oxygens (including phenoxy) is 3. The van der Waals surface area contributed by atoms with Gasteiger partial charge in [0.1, 0.15) is 5.75 Å². The van der Waals surface area contributed by atoms with Crippen molar-refractivity contribution in [2.75, 3.05) is 47.1 Å². The van der Waals surface area contributed by atoms with Crippen LogP contribution >= 0.6 is 0 Å². The number of carbonyl (C=O) groups is 1. The number of esters is 1. The highest BCUT2D eigenvalue weighted by Gasteiger charge is 2.27. The van der Waals surface area contributed by atoms with Gasteiger partial charge < -0.3 is 14.2 Å². The Kier molecular flexibility index (Phi) is 5.38. The highest BCUT2D eigenvalue weighted by Crippen LogP contribution is 2.28. The standard InChI is InChI=1S/C15H21NO4/c1-18-14-6-4-3-5-12(14)13(15(17)19-2)11-16-7-9-20-10-8-16/h3-6,13H,7-11H2,1-2H3. The van der Waals surface area contributed by atoms with Crippen molar-refractivity contribution in [2.24, 2.45) is 0 Å². The molecule has 1 aromatic rings. The van der Waals surface area contributed by atoms with Crippen molar-refractivity contribution < 1.29 is 19.0 Å². The van der Waals surface area contributed by atoms with Crippen molar-refractivity contribution in [1.29, 1.82) is 0 Å². The van der Waals surface area contributed by atoms with Crippen molar-refractivity contribution in [3.8, 4) is 5.75 Å². The Hall–Kier alpha value is -1.59. The van der Waals surface area contributed by atoms with Crippen LogP contribution in [0.2, 0.25) is 0 Å². The highest BCUT2D eigenvalue weighted by atomic mass is 16.5. The molecule has 2 rings (SSSR count). The summed E-state index contributed by atoms with van der Waals surface area (Å²) in [6.45, 7) is 3.71. The van der Waals surface area contributed by atoms with Gasteiger partial charge in [0.15, 0.2) is 0 Å². The molecule has 0 bridgehead atoms. The van der Waals surface area contributed by atoms with E-state index in [4.69, 9.17) is 14.2 Å². The molecular formula is C15H21NO4.